The van der Waals surface area contributed by atoms with Crippen molar-refractivity contribution in [3.05, 3.63) is 40.4 Å². The van der Waals surface area contributed by atoms with E-state index in [4.69, 9.17) is 9.84 Å². The number of allylic oxidation sites excluding steroid dienone is 1. The second-order valence-corrected chi connectivity index (χ2v) is 6.34. The number of hydrogen-bond donors (Lipinski definition) is 4. The van der Waals surface area contributed by atoms with Gasteiger partial charge < -0.3 is 25.2 Å². The maximum Gasteiger partial charge on any atom is 0.158 e. The number of rotatable bonds is 5. The summed E-state index contributed by atoms with van der Waals surface area (Å²) in [6.07, 6.45) is -3.42. The third-order valence-corrected chi connectivity index (χ3v) is 4.20. The van der Waals surface area contributed by atoms with Gasteiger partial charge in [0.15, 0.2) is 5.78 Å². The first kappa shape index (κ1) is 18.3. The summed E-state index contributed by atoms with van der Waals surface area (Å²) in [6, 6.07) is 7.39. The molecule has 1 aromatic rings. The van der Waals surface area contributed by atoms with Crippen LogP contribution >= 0.6 is 15.9 Å². The van der Waals surface area contributed by atoms with E-state index in [1.54, 1.807) is 6.08 Å². The molecule has 0 saturated carbocycles. The SMILES string of the molecule is O=C(/C=C/c1cccc(Br)c1)C[C@@H]1O[C@H](CO)[C@@H](O)[C@H](O)[C@H]1O. The molecule has 126 valence electrons. The molecule has 23 heavy (non-hydrogen) atoms. The summed E-state index contributed by atoms with van der Waals surface area (Å²) >= 11 is 3.34. The lowest BCUT2D eigenvalue weighted by Crippen LogP contribution is -2.58. The van der Waals surface area contributed by atoms with Crippen molar-refractivity contribution in [1.29, 1.82) is 0 Å². The molecule has 4 N–H and O–H groups in total. The summed E-state index contributed by atoms with van der Waals surface area (Å²) in [4.78, 5) is 12.0. The van der Waals surface area contributed by atoms with Crippen LogP contribution in [0.3, 0.4) is 0 Å². The zero-order valence-electron chi connectivity index (χ0n) is 12.2. The highest BCUT2D eigenvalue weighted by Crippen LogP contribution is 2.23. The monoisotopic (exact) mass is 386 g/mol. The molecule has 1 aromatic carbocycles. The summed E-state index contributed by atoms with van der Waals surface area (Å²) in [6.45, 7) is -0.510. The summed E-state index contributed by atoms with van der Waals surface area (Å²) in [5, 5.41) is 38.4. The van der Waals surface area contributed by atoms with Gasteiger partial charge in [-0.3, -0.25) is 4.79 Å². The molecule has 1 fully saturated rings. The van der Waals surface area contributed by atoms with Gasteiger partial charge in [0.1, 0.15) is 24.4 Å². The summed E-state index contributed by atoms with van der Waals surface area (Å²) < 4.78 is 6.19. The zero-order valence-corrected chi connectivity index (χ0v) is 13.8. The molecule has 1 aliphatic rings. The Morgan fingerprint density at radius 1 is 1.17 bits per heavy atom. The van der Waals surface area contributed by atoms with Crippen molar-refractivity contribution in [3.8, 4) is 0 Å². The van der Waals surface area contributed by atoms with Crippen LogP contribution in [0, 0.1) is 0 Å². The molecule has 0 spiro atoms. The number of benzene rings is 1. The van der Waals surface area contributed by atoms with Crippen molar-refractivity contribution >= 4 is 27.8 Å². The van der Waals surface area contributed by atoms with E-state index in [2.05, 4.69) is 15.9 Å². The molecule has 0 radical (unpaired) electrons. The van der Waals surface area contributed by atoms with Gasteiger partial charge in [-0.05, 0) is 23.8 Å². The molecule has 1 aliphatic heterocycles. The van der Waals surface area contributed by atoms with Crippen LogP contribution in [0.25, 0.3) is 6.08 Å². The van der Waals surface area contributed by atoms with E-state index in [1.165, 1.54) is 6.08 Å². The fourth-order valence-corrected chi connectivity index (χ4v) is 2.83. The standard InChI is InChI=1S/C16H19BrO6/c17-10-3-1-2-9(6-10)4-5-11(19)7-12-14(20)16(22)15(21)13(8-18)23-12/h1-6,12-16,18,20-22H,7-8H2/b5-4+/t12-,13+,14-,15+,16+/m0/s1. The minimum Gasteiger partial charge on any atom is -0.394 e. The number of ketones is 1. The van der Waals surface area contributed by atoms with Gasteiger partial charge in [0, 0.05) is 10.9 Å². The van der Waals surface area contributed by atoms with Crippen molar-refractivity contribution in [2.24, 2.45) is 0 Å². The van der Waals surface area contributed by atoms with Crippen molar-refractivity contribution < 1.29 is 30.0 Å². The van der Waals surface area contributed by atoms with Gasteiger partial charge >= 0.3 is 0 Å². The Bertz CT molecular complexity index is 573. The lowest BCUT2D eigenvalue weighted by Gasteiger charge is -2.39. The van der Waals surface area contributed by atoms with Gasteiger partial charge in [-0.25, -0.2) is 0 Å². The Labute approximate surface area is 142 Å². The summed E-state index contributed by atoms with van der Waals surface area (Å²) in [7, 11) is 0. The average molecular weight is 387 g/mol. The molecule has 0 aromatic heterocycles. The van der Waals surface area contributed by atoms with Crippen LogP contribution in [0.2, 0.25) is 0 Å². The van der Waals surface area contributed by atoms with Crippen LogP contribution < -0.4 is 0 Å². The van der Waals surface area contributed by atoms with Crippen LogP contribution in [-0.4, -0.2) is 63.3 Å². The highest BCUT2D eigenvalue weighted by Gasteiger charge is 2.43. The molecule has 6 nitrogen and oxygen atoms in total. The van der Waals surface area contributed by atoms with Gasteiger partial charge in [0.2, 0.25) is 0 Å². The summed E-state index contributed by atoms with van der Waals surface area (Å²) in [5.74, 6) is -0.297. The first-order valence-corrected chi connectivity index (χ1v) is 7.98. The Hall–Kier alpha value is -1.09. The molecule has 1 heterocycles. The van der Waals surface area contributed by atoms with Crippen molar-refractivity contribution in [2.75, 3.05) is 6.61 Å². The second kappa shape index (κ2) is 8.14. The van der Waals surface area contributed by atoms with Gasteiger partial charge in [-0.15, -0.1) is 0 Å². The number of hydrogen-bond acceptors (Lipinski definition) is 6. The number of carbonyl (C=O) groups is 1. The molecule has 5 atom stereocenters. The number of aliphatic hydroxyl groups is 4. The van der Waals surface area contributed by atoms with E-state index in [-0.39, 0.29) is 12.2 Å². The first-order chi connectivity index (χ1) is 10.9. The third kappa shape index (κ3) is 4.69. The van der Waals surface area contributed by atoms with Crippen LogP contribution in [0.4, 0.5) is 0 Å². The second-order valence-electron chi connectivity index (χ2n) is 5.43. The molecular formula is C16H19BrO6. The van der Waals surface area contributed by atoms with E-state index in [1.807, 2.05) is 24.3 Å². The maximum atomic E-state index is 12.0. The fourth-order valence-electron chi connectivity index (χ4n) is 2.41. The number of carbonyl (C=O) groups excluding carboxylic acids is 1. The molecule has 0 amide bonds. The fraction of sp³-hybridized carbons (Fsp3) is 0.438. The molecular weight excluding hydrogens is 368 g/mol. The van der Waals surface area contributed by atoms with E-state index in [0.29, 0.717) is 0 Å². The predicted molar refractivity (Wildman–Crippen MR) is 86.6 cm³/mol. The molecule has 0 unspecified atom stereocenters. The largest absolute Gasteiger partial charge is 0.394 e. The minimum absolute atomic E-state index is 0.161. The first-order valence-electron chi connectivity index (χ1n) is 7.19. The van der Waals surface area contributed by atoms with Crippen molar-refractivity contribution in [1.82, 2.24) is 0 Å². The molecule has 2 rings (SSSR count). The topological polar surface area (TPSA) is 107 Å². The number of halogens is 1. The van der Waals surface area contributed by atoms with E-state index in [9.17, 15) is 20.1 Å². The zero-order chi connectivity index (χ0) is 17.0. The lowest BCUT2D eigenvalue weighted by molar-refractivity contribution is -0.229. The quantitative estimate of drug-likeness (QED) is 0.541. The van der Waals surface area contributed by atoms with E-state index in [0.717, 1.165) is 10.0 Å². The molecule has 7 heteroatoms. The lowest BCUT2D eigenvalue weighted by atomic mass is 9.92. The Morgan fingerprint density at radius 2 is 1.87 bits per heavy atom. The van der Waals surface area contributed by atoms with Crippen LogP contribution in [0.5, 0.6) is 0 Å². The van der Waals surface area contributed by atoms with Crippen LogP contribution in [0.1, 0.15) is 12.0 Å². The van der Waals surface area contributed by atoms with Gasteiger partial charge in [-0.1, -0.05) is 34.1 Å². The van der Waals surface area contributed by atoms with Crippen LogP contribution in [-0.2, 0) is 9.53 Å². The van der Waals surface area contributed by atoms with Gasteiger partial charge in [0.25, 0.3) is 0 Å². The minimum atomic E-state index is -1.47. The van der Waals surface area contributed by atoms with Crippen molar-refractivity contribution in [2.45, 2.75) is 36.9 Å². The van der Waals surface area contributed by atoms with Crippen molar-refractivity contribution in [3.63, 3.8) is 0 Å². The average Bonchev–Trinajstić information content (AvgIpc) is 2.53. The maximum absolute atomic E-state index is 12.0. The Kier molecular flexibility index (Phi) is 6.46. The third-order valence-electron chi connectivity index (χ3n) is 3.70. The molecule has 0 bridgehead atoms. The smallest absolute Gasteiger partial charge is 0.158 e. The highest BCUT2D eigenvalue weighted by atomic mass is 79.9. The predicted octanol–water partition coefficient (Wildman–Crippen LogP) is 0.264. The Balaban J connectivity index is 1.99. The number of ether oxygens (including phenoxy) is 1. The van der Waals surface area contributed by atoms with E-state index >= 15 is 0 Å². The van der Waals surface area contributed by atoms with E-state index < -0.39 is 37.1 Å². The summed E-state index contributed by atoms with van der Waals surface area (Å²) in [5.41, 5.74) is 0.835. The number of aliphatic hydroxyl groups excluding tert-OH is 4. The highest BCUT2D eigenvalue weighted by molar-refractivity contribution is 9.10. The Morgan fingerprint density at radius 3 is 2.52 bits per heavy atom. The normalized spacial score (nSPS) is 31.4. The molecule has 1 saturated heterocycles. The van der Waals surface area contributed by atoms with Crippen LogP contribution in [0.15, 0.2) is 34.8 Å². The van der Waals surface area contributed by atoms with Gasteiger partial charge in [-0.2, -0.15) is 0 Å². The van der Waals surface area contributed by atoms with Gasteiger partial charge in [0.05, 0.1) is 12.7 Å². The molecule has 0 aliphatic carbocycles.